The number of hydrogen-bond donors (Lipinski definition) is 3. The number of anilines is 3. The van der Waals surface area contributed by atoms with Gasteiger partial charge in [-0.3, -0.25) is 9.59 Å². The Hall–Kier alpha value is -2.68. The maximum atomic E-state index is 12.6. The van der Waals surface area contributed by atoms with Crippen LogP contribution in [0.15, 0.2) is 53.4 Å². The lowest BCUT2D eigenvalue weighted by molar-refractivity contribution is -0.122. The number of nitrogens with one attached hydrogen (secondary N) is 3. The number of thioether (sulfide) groups is 1. The summed E-state index contributed by atoms with van der Waals surface area (Å²) in [7, 11) is 0. The van der Waals surface area contributed by atoms with Gasteiger partial charge in [-0.25, -0.2) is 0 Å². The Balaban J connectivity index is 1.68. The minimum absolute atomic E-state index is 0.0523. The molecule has 0 saturated carbocycles. The summed E-state index contributed by atoms with van der Waals surface area (Å²) >= 11 is -0.303. The van der Waals surface area contributed by atoms with Crippen molar-refractivity contribution in [2.75, 3.05) is 16.0 Å². The first-order chi connectivity index (χ1) is 12.3. The highest BCUT2D eigenvalue weighted by molar-refractivity contribution is 8.00. The van der Waals surface area contributed by atoms with E-state index in [0.717, 1.165) is 0 Å². The number of benzene rings is 2. The molecule has 5 nitrogen and oxygen atoms in total. The molecule has 0 aromatic heterocycles. The van der Waals surface area contributed by atoms with Crippen LogP contribution < -0.4 is 16.0 Å². The van der Waals surface area contributed by atoms with Crippen LogP contribution in [-0.4, -0.2) is 23.4 Å². The minimum Gasteiger partial charge on any atom is -0.372 e. The van der Waals surface area contributed by atoms with Crippen molar-refractivity contribution in [2.45, 2.75) is 22.9 Å². The number of carbonyl (C=O) groups excluding carboxylic acids is 2. The Bertz CT molecular complexity index is 842. The molecule has 0 unspecified atom stereocenters. The first kappa shape index (κ1) is 18.1. The van der Waals surface area contributed by atoms with Gasteiger partial charge in [-0.15, -0.1) is 0 Å². The topological polar surface area (TPSA) is 70.2 Å². The van der Waals surface area contributed by atoms with E-state index >= 15 is 0 Å². The molecule has 0 aliphatic carbocycles. The Kier molecular flexibility index (Phi) is 5.08. The largest absolute Gasteiger partial charge is 0.446 e. The van der Waals surface area contributed by atoms with Crippen LogP contribution in [0.5, 0.6) is 0 Å². The third-order valence-electron chi connectivity index (χ3n) is 3.61. The average molecular weight is 381 g/mol. The number of alkyl halides is 3. The van der Waals surface area contributed by atoms with E-state index in [0.29, 0.717) is 11.4 Å². The molecule has 3 N–H and O–H groups in total. The molecule has 0 saturated heterocycles. The van der Waals surface area contributed by atoms with Crippen molar-refractivity contribution < 1.29 is 22.8 Å². The Labute approximate surface area is 151 Å². The number of amides is 2. The van der Waals surface area contributed by atoms with Gasteiger partial charge >= 0.3 is 5.51 Å². The van der Waals surface area contributed by atoms with Crippen molar-refractivity contribution in [1.82, 2.24) is 0 Å². The van der Waals surface area contributed by atoms with Crippen molar-refractivity contribution in [3.63, 3.8) is 0 Å². The van der Waals surface area contributed by atoms with Crippen LogP contribution in [0.4, 0.5) is 30.2 Å². The van der Waals surface area contributed by atoms with Crippen LogP contribution in [0.25, 0.3) is 0 Å². The van der Waals surface area contributed by atoms with Crippen molar-refractivity contribution in [3.05, 3.63) is 48.5 Å². The van der Waals surface area contributed by atoms with Crippen molar-refractivity contribution in [1.29, 1.82) is 0 Å². The molecule has 3 rings (SSSR count). The summed E-state index contributed by atoms with van der Waals surface area (Å²) in [5.41, 5.74) is -3.12. The fraction of sp³-hybridized carbons (Fsp3) is 0.176. The standard InChI is InChI=1S/C17H14F3N3O2S/c18-17(19,20)26-14-8-4-3-7-12(14)22-15(24)9-13-16(25)23-11-6-2-1-5-10(11)21-13/h1-8,13,21H,9H2,(H,22,24)(H,23,25)/t13-/m0/s1. The van der Waals surface area contributed by atoms with Gasteiger partial charge in [0, 0.05) is 4.90 Å². The van der Waals surface area contributed by atoms with Gasteiger partial charge < -0.3 is 16.0 Å². The maximum Gasteiger partial charge on any atom is 0.446 e. The minimum atomic E-state index is -4.46. The van der Waals surface area contributed by atoms with Gasteiger partial charge in [-0.05, 0) is 36.0 Å². The summed E-state index contributed by atoms with van der Waals surface area (Å²) in [6.45, 7) is 0. The fourth-order valence-corrected chi connectivity index (χ4v) is 3.13. The van der Waals surface area contributed by atoms with Gasteiger partial charge in [0.05, 0.1) is 23.5 Å². The SMILES string of the molecule is O=C(C[C@@H]1Nc2ccccc2NC1=O)Nc1ccccc1SC(F)(F)F. The van der Waals surface area contributed by atoms with Crippen molar-refractivity contribution in [2.24, 2.45) is 0 Å². The van der Waals surface area contributed by atoms with Crippen LogP contribution >= 0.6 is 11.8 Å². The van der Waals surface area contributed by atoms with E-state index in [-0.39, 0.29) is 34.7 Å². The molecule has 136 valence electrons. The summed E-state index contributed by atoms with van der Waals surface area (Å²) in [6.07, 6.45) is -0.217. The third-order valence-corrected chi connectivity index (χ3v) is 4.41. The summed E-state index contributed by atoms with van der Waals surface area (Å²) in [6, 6.07) is 11.9. The predicted molar refractivity (Wildman–Crippen MR) is 94.1 cm³/mol. The zero-order chi connectivity index (χ0) is 18.7. The highest BCUT2D eigenvalue weighted by Crippen LogP contribution is 2.40. The molecule has 0 bridgehead atoms. The van der Waals surface area contributed by atoms with Crippen LogP contribution in [0.1, 0.15) is 6.42 Å². The molecule has 9 heteroatoms. The molecule has 1 aliphatic rings. The number of halogens is 3. The molecule has 0 fully saturated rings. The van der Waals surface area contributed by atoms with Crippen molar-refractivity contribution >= 4 is 40.6 Å². The molecule has 1 aliphatic heterocycles. The molecule has 2 aromatic rings. The lowest BCUT2D eigenvalue weighted by Gasteiger charge is -2.26. The molecule has 2 aromatic carbocycles. The number of fused-ring (bicyclic) bond motifs is 1. The zero-order valence-corrected chi connectivity index (χ0v) is 14.1. The predicted octanol–water partition coefficient (Wildman–Crippen LogP) is 4.06. The zero-order valence-electron chi connectivity index (χ0n) is 13.3. The van der Waals surface area contributed by atoms with E-state index in [2.05, 4.69) is 16.0 Å². The second kappa shape index (κ2) is 7.28. The first-order valence-electron chi connectivity index (χ1n) is 7.63. The van der Waals surface area contributed by atoms with Gasteiger partial charge in [0.15, 0.2) is 0 Å². The van der Waals surface area contributed by atoms with Gasteiger partial charge in [-0.1, -0.05) is 24.3 Å². The molecule has 1 atom stereocenters. The smallest absolute Gasteiger partial charge is 0.372 e. The second-order valence-corrected chi connectivity index (χ2v) is 6.63. The van der Waals surface area contributed by atoms with Crippen LogP contribution in [-0.2, 0) is 9.59 Å². The number of rotatable bonds is 4. The van der Waals surface area contributed by atoms with Crippen LogP contribution in [0, 0.1) is 0 Å². The monoisotopic (exact) mass is 381 g/mol. The van der Waals surface area contributed by atoms with E-state index in [1.54, 1.807) is 24.3 Å². The number of para-hydroxylation sites is 3. The van der Waals surface area contributed by atoms with Gasteiger partial charge in [-0.2, -0.15) is 13.2 Å². The second-order valence-electron chi connectivity index (χ2n) is 5.53. The fourth-order valence-electron chi connectivity index (χ4n) is 2.51. The summed E-state index contributed by atoms with van der Waals surface area (Å²) in [4.78, 5) is 24.2. The number of carbonyl (C=O) groups is 2. The van der Waals surface area contributed by atoms with Gasteiger partial charge in [0.2, 0.25) is 11.8 Å². The lowest BCUT2D eigenvalue weighted by atomic mass is 10.1. The molecular weight excluding hydrogens is 367 g/mol. The van der Waals surface area contributed by atoms with E-state index in [4.69, 9.17) is 0 Å². The average Bonchev–Trinajstić information content (AvgIpc) is 2.56. The summed E-state index contributed by atoms with van der Waals surface area (Å²) < 4.78 is 37.8. The molecule has 0 radical (unpaired) electrons. The summed E-state index contributed by atoms with van der Waals surface area (Å²) in [5.74, 6) is -0.941. The maximum absolute atomic E-state index is 12.6. The van der Waals surface area contributed by atoms with Gasteiger partial charge in [0.1, 0.15) is 6.04 Å². The van der Waals surface area contributed by atoms with E-state index < -0.39 is 17.5 Å². The summed E-state index contributed by atoms with van der Waals surface area (Å²) in [5, 5.41) is 8.09. The Morgan fingerprint density at radius 3 is 2.46 bits per heavy atom. The number of hydrogen-bond acceptors (Lipinski definition) is 4. The highest BCUT2D eigenvalue weighted by atomic mass is 32.2. The van der Waals surface area contributed by atoms with Crippen LogP contribution in [0.2, 0.25) is 0 Å². The lowest BCUT2D eigenvalue weighted by Crippen LogP contribution is -2.41. The quantitative estimate of drug-likeness (QED) is 0.699. The van der Waals surface area contributed by atoms with E-state index in [1.807, 2.05) is 0 Å². The third kappa shape index (κ3) is 4.48. The van der Waals surface area contributed by atoms with E-state index in [1.165, 1.54) is 24.3 Å². The van der Waals surface area contributed by atoms with Crippen molar-refractivity contribution in [3.8, 4) is 0 Å². The van der Waals surface area contributed by atoms with Gasteiger partial charge in [0.25, 0.3) is 0 Å². The Morgan fingerprint density at radius 1 is 1.08 bits per heavy atom. The normalized spacial score (nSPS) is 16.3. The molecule has 0 spiro atoms. The molecular formula is C17H14F3N3O2S. The van der Waals surface area contributed by atoms with E-state index in [9.17, 15) is 22.8 Å². The molecule has 26 heavy (non-hydrogen) atoms. The molecule has 1 heterocycles. The molecule has 2 amide bonds. The van der Waals surface area contributed by atoms with Crippen LogP contribution in [0.3, 0.4) is 0 Å². The first-order valence-corrected chi connectivity index (χ1v) is 8.44. The Morgan fingerprint density at radius 2 is 1.73 bits per heavy atom. The highest BCUT2D eigenvalue weighted by Gasteiger charge is 2.31.